The van der Waals surface area contributed by atoms with Crippen molar-refractivity contribution in [2.45, 2.75) is 5.41 Å². The maximum Gasteiger partial charge on any atom is 0.144 e. The second-order valence-corrected chi connectivity index (χ2v) is 39.6. The Bertz CT molecular complexity index is 10900. The SMILES string of the molecule is c1ccc2c(-c3c4ccccc4c(-c4ccc(-c5cccc6oc7ccccc7c56)c5oc6ccccc6c45)c4ccccc34)cccc2c1.c1ccc2c(c1)-c1ccccc1C21c2ccccc2-c2c1cc(-c1c3ccccc3c(-c3cccc4ccccc34)c3ccccc13)c1c2oc2ccccc21.c1cncc(-c2ccc(-c3c4ccccc4c(-c4cccc5ccccc45)c4ccccc34)c3c2oc2ccccc23)c1. The molecular formula is C144H85NO4. The highest BCUT2D eigenvalue weighted by molar-refractivity contribution is 6.33. The van der Waals surface area contributed by atoms with Gasteiger partial charge in [-0.15, -0.1) is 0 Å². The molecule has 5 aromatic heterocycles. The van der Waals surface area contributed by atoms with Crippen LogP contribution in [0, 0.1) is 0 Å². The summed E-state index contributed by atoms with van der Waals surface area (Å²) in [5.74, 6) is 0. The van der Waals surface area contributed by atoms with Crippen LogP contribution in [-0.2, 0) is 5.41 Å². The zero-order valence-corrected chi connectivity index (χ0v) is 80.7. The molecule has 2 aliphatic rings. The fourth-order valence-electron chi connectivity index (χ4n) is 26.1. The summed E-state index contributed by atoms with van der Waals surface area (Å²) in [4.78, 5) is 4.40. The lowest BCUT2D eigenvalue weighted by atomic mass is 9.70. The predicted octanol–water partition coefficient (Wildman–Crippen LogP) is 40.1. The molecule has 5 heterocycles. The van der Waals surface area contributed by atoms with Crippen LogP contribution in [0.25, 0.3) is 296 Å². The number of benzene rings is 26. The summed E-state index contributed by atoms with van der Waals surface area (Å²) in [6.45, 7) is 0. The van der Waals surface area contributed by atoms with Crippen molar-refractivity contribution in [3.05, 3.63) is 538 Å². The van der Waals surface area contributed by atoms with Crippen molar-refractivity contribution in [2.24, 2.45) is 0 Å². The van der Waals surface area contributed by atoms with E-state index in [0.29, 0.717) is 0 Å². The average molecular weight is 1890 g/mol. The lowest BCUT2D eigenvalue weighted by Gasteiger charge is -2.31. The van der Waals surface area contributed by atoms with E-state index in [1.807, 2.05) is 36.7 Å². The number of aromatic nitrogens is 1. The number of hydrogen-bond donors (Lipinski definition) is 0. The van der Waals surface area contributed by atoms with Gasteiger partial charge < -0.3 is 17.7 Å². The maximum atomic E-state index is 7.16. The third-order valence-corrected chi connectivity index (χ3v) is 32.1. The van der Waals surface area contributed by atoms with Gasteiger partial charge in [-0.1, -0.05) is 449 Å². The van der Waals surface area contributed by atoms with Gasteiger partial charge >= 0.3 is 0 Å². The molecule has 0 N–H and O–H groups in total. The molecule has 31 aromatic rings. The molecule has 0 aliphatic heterocycles. The largest absolute Gasteiger partial charge is 0.456 e. The first-order valence-corrected chi connectivity index (χ1v) is 51.3. The van der Waals surface area contributed by atoms with Gasteiger partial charge in [-0.05, 0) is 263 Å². The number of fused-ring (bicyclic) bond motifs is 32. The summed E-state index contributed by atoms with van der Waals surface area (Å²) >= 11 is 0. The van der Waals surface area contributed by atoms with E-state index in [9.17, 15) is 0 Å². The van der Waals surface area contributed by atoms with Gasteiger partial charge in [-0.2, -0.15) is 0 Å². The van der Waals surface area contributed by atoms with E-state index in [2.05, 4.69) is 484 Å². The lowest BCUT2D eigenvalue weighted by molar-refractivity contribution is 0.668. The number of furan rings is 4. The molecule has 33 rings (SSSR count). The molecule has 1 spiro atoms. The fourth-order valence-corrected chi connectivity index (χ4v) is 26.1. The van der Waals surface area contributed by atoms with Crippen LogP contribution in [0.4, 0.5) is 0 Å². The van der Waals surface area contributed by atoms with Crippen LogP contribution in [0.3, 0.4) is 0 Å². The van der Waals surface area contributed by atoms with Gasteiger partial charge in [0.2, 0.25) is 0 Å². The van der Waals surface area contributed by atoms with Crippen molar-refractivity contribution in [3.63, 3.8) is 0 Å². The third-order valence-electron chi connectivity index (χ3n) is 32.1. The minimum absolute atomic E-state index is 0.504. The Balaban J connectivity index is 0.000000102. The summed E-state index contributed by atoms with van der Waals surface area (Å²) in [6, 6.07) is 183. The third kappa shape index (κ3) is 12.4. The van der Waals surface area contributed by atoms with Crippen LogP contribution in [0.2, 0.25) is 0 Å². The van der Waals surface area contributed by atoms with Crippen LogP contribution in [0.1, 0.15) is 22.3 Å². The lowest BCUT2D eigenvalue weighted by Crippen LogP contribution is -2.25. The van der Waals surface area contributed by atoms with E-state index < -0.39 is 5.41 Å². The molecular weight excluding hydrogens is 1810 g/mol. The van der Waals surface area contributed by atoms with Gasteiger partial charge in [-0.25, -0.2) is 0 Å². The molecule has 0 amide bonds. The Morgan fingerprint density at radius 2 is 0.416 bits per heavy atom. The Labute approximate surface area is 856 Å². The average Bonchev–Trinajstić information content (AvgIpc) is 1.49. The van der Waals surface area contributed by atoms with Crippen LogP contribution >= 0.6 is 0 Å². The van der Waals surface area contributed by atoms with Crippen molar-refractivity contribution in [1.29, 1.82) is 0 Å². The van der Waals surface area contributed by atoms with Crippen molar-refractivity contribution in [3.8, 4) is 111 Å². The summed E-state index contributed by atoms with van der Waals surface area (Å²) in [5.41, 5.74) is 36.0. The molecule has 149 heavy (non-hydrogen) atoms. The van der Waals surface area contributed by atoms with Crippen LogP contribution in [0.15, 0.2) is 534 Å². The molecule has 0 unspecified atom stereocenters. The van der Waals surface area contributed by atoms with Crippen LogP contribution in [-0.4, -0.2) is 4.98 Å². The van der Waals surface area contributed by atoms with Gasteiger partial charge in [-0.3, -0.25) is 4.98 Å². The van der Waals surface area contributed by atoms with Crippen LogP contribution < -0.4 is 0 Å². The molecule has 690 valence electrons. The highest BCUT2D eigenvalue weighted by Gasteiger charge is 2.53. The Morgan fingerprint density at radius 3 is 0.819 bits per heavy atom. The van der Waals surface area contributed by atoms with Crippen molar-refractivity contribution in [2.75, 3.05) is 0 Å². The summed E-state index contributed by atoms with van der Waals surface area (Å²) in [6.07, 6.45) is 3.72. The second-order valence-electron chi connectivity index (χ2n) is 39.6. The molecule has 0 saturated carbocycles. The first-order chi connectivity index (χ1) is 74.0. The minimum atomic E-state index is -0.504. The zero-order valence-electron chi connectivity index (χ0n) is 80.7. The molecule has 0 saturated heterocycles. The van der Waals surface area contributed by atoms with E-state index >= 15 is 0 Å². The molecule has 0 atom stereocenters. The van der Waals surface area contributed by atoms with Crippen molar-refractivity contribution >= 4 is 185 Å². The molecule has 26 aromatic carbocycles. The number of para-hydroxylation sites is 4. The standard InChI is InChI=1S/C55H32O.C48H28O2.C41H25NO/c1-2-18-34-33(16-1)17-15-27-37(34)50-38-21-3-5-23-40(38)51(41-24-6-4-22-39(41)50)44-32-48-53(54-52(44)43-26-10-14-31-49(43)56-54)42-25-9-13-30-47(42)55(48)45-28-11-7-19-35(45)36-20-8-12-29-46(36)55;1-2-15-30-29(13-1)14-11-22-31(30)44-32-16-3-5-18-34(32)45(35-19-6-4-17-33(35)44)40-28-27-37(48-47(40)39-21-8-10-25-42(39)50-48)36-23-12-26-43-46(36)38-20-7-9-24-41(38)49-43;1-2-14-28-26(11-1)12-9-20-30(28)38-31-15-3-5-17-33(31)39(34-18-6-4-16-32(34)38)36-23-22-29(27-13-10-24-42-25-27)41-40(36)35-19-7-8-21-37(35)43-41/h1-32H;1-28H;1-25H. The maximum absolute atomic E-state index is 7.16. The normalized spacial score (nSPS) is 12.5. The van der Waals surface area contributed by atoms with E-state index in [-0.39, 0.29) is 0 Å². The van der Waals surface area contributed by atoms with Crippen molar-refractivity contribution in [1.82, 2.24) is 4.98 Å². The molecule has 5 heteroatoms. The molecule has 0 radical (unpaired) electrons. The van der Waals surface area contributed by atoms with E-state index in [1.54, 1.807) is 0 Å². The minimum Gasteiger partial charge on any atom is -0.456 e. The smallest absolute Gasteiger partial charge is 0.144 e. The van der Waals surface area contributed by atoms with E-state index in [0.717, 1.165) is 110 Å². The second kappa shape index (κ2) is 33.2. The molecule has 0 bridgehead atoms. The number of pyridine rings is 1. The van der Waals surface area contributed by atoms with Gasteiger partial charge in [0.25, 0.3) is 0 Å². The summed E-state index contributed by atoms with van der Waals surface area (Å²) in [7, 11) is 0. The molecule has 5 nitrogen and oxygen atoms in total. The van der Waals surface area contributed by atoms with Crippen LogP contribution in [0.5, 0.6) is 0 Å². The summed E-state index contributed by atoms with van der Waals surface area (Å²) < 4.78 is 27.0. The molecule has 0 fully saturated rings. The van der Waals surface area contributed by atoms with E-state index in [4.69, 9.17) is 17.7 Å². The van der Waals surface area contributed by atoms with Gasteiger partial charge in [0.05, 0.1) is 5.41 Å². The molecule has 2 aliphatic carbocycles. The highest BCUT2D eigenvalue weighted by Crippen LogP contribution is 2.66. The predicted molar refractivity (Wildman–Crippen MR) is 624 cm³/mol. The number of hydrogen-bond acceptors (Lipinski definition) is 5. The zero-order chi connectivity index (χ0) is 97.6. The van der Waals surface area contributed by atoms with Gasteiger partial charge in [0, 0.05) is 77.7 Å². The topological polar surface area (TPSA) is 65.5 Å². The van der Waals surface area contributed by atoms with Gasteiger partial charge in [0.15, 0.2) is 0 Å². The Kier molecular flexibility index (Phi) is 18.7. The Hall–Kier alpha value is -19.6. The van der Waals surface area contributed by atoms with Crippen molar-refractivity contribution < 1.29 is 17.7 Å². The monoisotopic (exact) mass is 1890 g/mol. The quantitative estimate of drug-likeness (QED) is 0.142. The van der Waals surface area contributed by atoms with E-state index in [1.165, 1.54) is 208 Å². The highest BCUT2D eigenvalue weighted by atomic mass is 16.3. The number of nitrogens with zero attached hydrogens (tertiary/aromatic N) is 1. The first kappa shape index (κ1) is 84.0. The summed E-state index contributed by atoms with van der Waals surface area (Å²) in [5, 5.41) is 31.3. The Morgan fingerprint density at radius 1 is 0.148 bits per heavy atom. The number of rotatable bonds is 8. The first-order valence-electron chi connectivity index (χ1n) is 51.3. The van der Waals surface area contributed by atoms with Gasteiger partial charge in [0.1, 0.15) is 44.7 Å². The fraction of sp³-hybridized carbons (Fsp3) is 0.00694.